The molecule has 0 aliphatic carbocycles. The minimum Gasteiger partial charge on any atom is -0.434 e. The number of rotatable bonds is 6. The Hall–Kier alpha value is -1.66. The number of ether oxygens (including phenoxy) is 1. The quantitative estimate of drug-likeness (QED) is 0.859. The van der Waals surface area contributed by atoms with Gasteiger partial charge in [0, 0.05) is 35.4 Å². The molecule has 7 heteroatoms. The SMILES string of the molecule is FC(F)Oc1ccc(Cl)cc1CNCc1cn[nH]c1. The molecule has 0 spiro atoms. The number of nitrogens with zero attached hydrogens (tertiary/aromatic N) is 1. The van der Waals surface area contributed by atoms with Crippen LogP contribution in [0.25, 0.3) is 0 Å². The molecule has 0 saturated carbocycles. The second kappa shape index (κ2) is 6.49. The lowest BCUT2D eigenvalue weighted by Crippen LogP contribution is -2.14. The van der Waals surface area contributed by atoms with Crippen LogP contribution in [0, 0.1) is 0 Å². The first-order valence-corrected chi connectivity index (χ1v) is 5.94. The molecule has 0 radical (unpaired) electrons. The lowest BCUT2D eigenvalue weighted by Gasteiger charge is -2.11. The molecule has 1 heterocycles. The fourth-order valence-corrected chi connectivity index (χ4v) is 1.81. The van der Waals surface area contributed by atoms with Crippen LogP contribution in [0.3, 0.4) is 0 Å². The van der Waals surface area contributed by atoms with Crippen LogP contribution in [0.1, 0.15) is 11.1 Å². The van der Waals surface area contributed by atoms with E-state index in [0.717, 1.165) is 5.56 Å². The van der Waals surface area contributed by atoms with Crippen LogP contribution < -0.4 is 10.1 Å². The van der Waals surface area contributed by atoms with Gasteiger partial charge in [-0.3, -0.25) is 5.10 Å². The average molecular weight is 288 g/mol. The highest BCUT2D eigenvalue weighted by molar-refractivity contribution is 6.30. The maximum Gasteiger partial charge on any atom is 0.387 e. The van der Waals surface area contributed by atoms with Crippen LogP contribution in [0.4, 0.5) is 8.78 Å². The van der Waals surface area contributed by atoms with E-state index in [1.165, 1.54) is 12.1 Å². The van der Waals surface area contributed by atoms with E-state index < -0.39 is 6.61 Å². The normalized spacial score (nSPS) is 10.9. The van der Waals surface area contributed by atoms with Gasteiger partial charge in [0.05, 0.1) is 6.20 Å². The van der Waals surface area contributed by atoms with Gasteiger partial charge in [0.25, 0.3) is 0 Å². The van der Waals surface area contributed by atoms with Gasteiger partial charge in [0.2, 0.25) is 0 Å². The molecular weight excluding hydrogens is 276 g/mol. The fourth-order valence-electron chi connectivity index (χ4n) is 1.61. The molecule has 0 atom stereocenters. The van der Waals surface area contributed by atoms with Crippen molar-refractivity contribution in [1.29, 1.82) is 0 Å². The van der Waals surface area contributed by atoms with Crippen molar-refractivity contribution in [2.45, 2.75) is 19.7 Å². The first kappa shape index (κ1) is 13.8. The summed E-state index contributed by atoms with van der Waals surface area (Å²) in [5.41, 5.74) is 1.55. The molecule has 0 aliphatic rings. The number of benzene rings is 1. The summed E-state index contributed by atoms with van der Waals surface area (Å²) in [6.07, 6.45) is 3.43. The van der Waals surface area contributed by atoms with Crippen molar-refractivity contribution in [2.24, 2.45) is 0 Å². The Labute approximate surface area is 113 Å². The van der Waals surface area contributed by atoms with E-state index in [4.69, 9.17) is 11.6 Å². The summed E-state index contributed by atoms with van der Waals surface area (Å²) in [4.78, 5) is 0. The first-order valence-electron chi connectivity index (χ1n) is 5.57. The monoisotopic (exact) mass is 287 g/mol. The molecule has 4 nitrogen and oxygen atoms in total. The molecule has 0 aliphatic heterocycles. The third-order valence-corrected chi connectivity index (χ3v) is 2.67. The number of hydrogen-bond acceptors (Lipinski definition) is 3. The number of aromatic nitrogens is 2. The van der Waals surface area contributed by atoms with E-state index >= 15 is 0 Å². The summed E-state index contributed by atoms with van der Waals surface area (Å²) in [6.45, 7) is -1.92. The van der Waals surface area contributed by atoms with E-state index in [-0.39, 0.29) is 5.75 Å². The van der Waals surface area contributed by atoms with Crippen molar-refractivity contribution < 1.29 is 13.5 Å². The van der Waals surface area contributed by atoms with E-state index in [9.17, 15) is 8.78 Å². The predicted molar refractivity (Wildman–Crippen MR) is 67.2 cm³/mol. The Bertz CT molecular complexity index is 520. The van der Waals surface area contributed by atoms with Crippen molar-refractivity contribution in [3.63, 3.8) is 0 Å². The van der Waals surface area contributed by atoms with Gasteiger partial charge < -0.3 is 10.1 Å². The Balaban J connectivity index is 1.99. The predicted octanol–water partition coefficient (Wildman–Crippen LogP) is 2.95. The van der Waals surface area contributed by atoms with E-state index in [2.05, 4.69) is 20.3 Å². The zero-order valence-electron chi connectivity index (χ0n) is 9.87. The van der Waals surface area contributed by atoms with Gasteiger partial charge in [-0.2, -0.15) is 13.9 Å². The molecule has 1 aromatic carbocycles. The van der Waals surface area contributed by atoms with Crippen molar-refractivity contribution in [1.82, 2.24) is 15.5 Å². The molecule has 102 valence electrons. The Morgan fingerprint density at radius 1 is 1.37 bits per heavy atom. The number of aromatic amines is 1. The zero-order valence-corrected chi connectivity index (χ0v) is 10.6. The molecule has 0 bridgehead atoms. The summed E-state index contributed by atoms with van der Waals surface area (Å²) in [5.74, 6) is 0.124. The van der Waals surface area contributed by atoms with Crippen LogP contribution in [0.5, 0.6) is 5.75 Å². The molecule has 0 fully saturated rings. The van der Waals surface area contributed by atoms with E-state index in [0.29, 0.717) is 23.7 Å². The van der Waals surface area contributed by atoms with Crippen molar-refractivity contribution in [3.8, 4) is 5.75 Å². The second-order valence-electron chi connectivity index (χ2n) is 3.84. The number of alkyl halides is 2. The molecule has 2 aromatic rings. The van der Waals surface area contributed by atoms with Gasteiger partial charge in [0.1, 0.15) is 5.75 Å². The molecule has 19 heavy (non-hydrogen) atoms. The number of hydrogen-bond donors (Lipinski definition) is 2. The maximum absolute atomic E-state index is 12.3. The molecule has 2 N–H and O–H groups in total. The lowest BCUT2D eigenvalue weighted by molar-refractivity contribution is -0.0505. The summed E-state index contributed by atoms with van der Waals surface area (Å²) in [7, 11) is 0. The van der Waals surface area contributed by atoms with Gasteiger partial charge >= 0.3 is 6.61 Å². The van der Waals surface area contributed by atoms with Gasteiger partial charge in [0.15, 0.2) is 0 Å². The Morgan fingerprint density at radius 3 is 2.89 bits per heavy atom. The molecule has 1 aromatic heterocycles. The molecule has 0 saturated heterocycles. The topological polar surface area (TPSA) is 49.9 Å². The third kappa shape index (κ3) is 4.18. The van der Waals surface area contributed by atoms with Crippen molar-refractivity contribution in [3.05, 3.63) is 46.7 Å². The van der Waals surface area contributed by atoms with Gasteiger partial charge in [-0.1, -0.05) is 11.6 Å². The lowest BCUT2D eigenvalue weighted by atomic mass is 10.2. The van der Waals surface area contributed by atoms with E-state index in [1.807, 2.05) is 0 Å². The molecule has 0 amide bonds. The highest BCUT2D eigenvalue weighted by atomic mass is 35.5. The van der Waals surface area contributed by atoms with Crippen LogP contribution in [-0.4, -0.2) is 16.8 Å². The summed E-state index contributed by atoms with van der Waals surface area (Å²) in [5, 5.41) is 10.1. The second-order valence-corrected chi connectivity index (χ2v) is 4.28. The molecular formula is C12H12ClF2N3O. The first-order chi connectivity index (χ1) is 9.15. The summed E-state index contributed by atoms with van der Waals surface area (Å²) >= 11 is 5.85. The highest BCUT2D eigenvalue weighted by Gasteiger charge is 2.10. The largest absolute Gasteiger partial charge is 0.434 e. The number of nitrogens with one attached hydrogen (secondary N) is 2. The summed E-state index contributed by atoms with van der Waals surface area (Å²) < 4.78 is 29.0. The average Bonchev–Trinajstić information content (AvgIpc) is 2.85. The van der Waals surface area contributed by atoms with Gasteiger partial charge in [-0.25, -0.2) is 0 Å². The fraction of sp³-hybridized carbons (Fsp3) is 0.250. The Morgan fingerprint density at radius 2 is 2.21 bits per heavy atom. The van der Waals surface area contributed by atoms with Crippen LogP contribution in [0.15, 0.2) is 30.6 Å². The standard InChI is InChI=1S/C12H12ClF2N3O/c13-10-1-2-11(19-12(14)15)9(3-10)7-16-4-8-5-17-18-6-8/h1-3,5-6,12,16H,4,7H2,(H,17,18). The van der Waals surface area contributed by atoms with Crippen LogP contribution in [-0.2, 0) is 13.1 Å². The van der Waals surface area contributed by atoms with Crippen LogP contribution >= 0.6 is 11.6 Å². The zero-order chi connectivity index (χ0) is 13.7. The highest BCUT2D eigenvalue weighted by Crippen LogP contribution is 2.24. The Kier molecular flexibility index (Phi) is 4.70. The van der Waals surface area contributed by atoms with Crippen molar-refractivity contribution >= 4 is 11.6 Å². The minimum atomic E-state index is -2.85. The minimum absolute atomic E-state index is 0.124. The number of halogens is 3. The number of H-pyrrole nitrogens is 1. The van der Waals surface area contributed by atoms with Crippen molar-refractivity contribution in [2.75, 3.05) is 0 Å². The molecule has 2 rings (SSSR count). The third-order valence-electron chi connectivity index (χ3n) is 2.44. The van der Waals surface area contributed by atoms with Gasteiger partial charge in [-0.15, -0.1) is 0 Å². The maximum atomic E-state index is 12.3. The smallest absolute Gasteiger partial charge is 0.387 e. The summed E-state index contributed by atoms with van der Waals surface area (Å²) in [6, 6.07) is 4.55. The van der Waals surface area contributed by atoms with E-state index in [1.54, 1.807) is 18.5 Å². The molecule has 0 unspecified atom stereocenters. The van der Waals surface area contributed by atoms with Gasteiger partial charge in [-0.05, 0) is 18.2 Å². The van der Waals surface area contributed by atoms with Crippen LogP contribution in [0.2, 0.25) is 5.02 Å².